The highest BCUT2D eigenvalue weighted by molar-refractivity contribution is 6.30. The second-order valence-corrected chi connectivity index (χ2v) is 6.84. The van der Waals surface area contributed by atoms with Crippen molar-refractivity contribution in [2.75, 3.05) is 19.7 Å². The highest BCUT2D eigenvalue weighted by Gasteiger charge is 2.23. The fourth-order valence-electron chi connectivity index (χ4n) is 2.86. The number of rotatable bonds is 5. The lowest BCUT2D eigenvalue weighted by molar-refractivity contribution is -0.0340. The molecule has 0 spiro atoms. The van der Waals surface area contributed by atoms with E-state index in [-0.39, 0.29) is 6.10 Å². The summed E-state index contributed by atoms with van der Waals surface area (Å²) in [6.45, 7) is 8.55. The lowest BCUT2D eigenvalue weighted by Crippen LogP contribution is -2.38. The molecule has 124 valence electrons. The number of halogens is 1. The molecule has 0 N–H and O–H groups in total. The molecule has 1 saturated heterocycles. The number of hydrogen-bond acceptors (Lipinski definition) is 4. The van der Waals surface area contributed by atoms with Gasteiger partial charge < -0.3 is 4.74 Å². The van der Waals surface area contributed by atoms with Crippen LogP contribution in [0.3, 0.4) is 0 Å². The zero-order valence-corrected chi connectivity index (χ0v) is 14.4. The Balaban J connectivity index is 1.66. The lowest BCUT2D eigenvalue weighted by Gasteiger charge is -2.33. The zero-order valence-electron chi connectivity index (χ0n) is 13.7. The molecule has 5 nitrogen and oxygen atoms in total. The van der Waals surface area contributed by atoms with Crippen molar-refractivity contribution in [3.05, 3.63) is 47.0 Å². The summed E-state index contributed by atoms with van der Waals surface area (Å²) in [5.74, 6) is 1.57. The van der Waals surface area contributed by atoms with Gasteiger partial charge in [-0.05, 0) is 23.6 Å². The first-order valence-electron chi connectivity index (χ1n) is 8.08. The average Bonchev–Trinajstić information content (AvgIpc) is 2.94. The first-order valence-corrected chi connectivity index (χ1v) is 8.45. The third-order valence-corrected chi connectivity index (χ3v) is 4.20. The molecule has 0 saturated carbocycles. The monoisotopic (exact) mass is 334 g/mol. The van der Waals surface area contributed by atoms with Gasteiger partial charge in [-0.15, -0.1) is 0 Å². The number of nitrogens with zero attached hydrogens (tertiary/aromatic N) is 4. The first-order chi connectivity index (χ1) is 11.1. The Labute approximate surface area is 142 Å². The van der Waals surface area contributed by atoms with Crippen LogP contribution in [0.2, 0.25) is 5.02 Å². The first kappa shape index (κ1) is 16.4. The molecule has 0 unspecified atom stereocenters. The number of morpholine rings is 1. The molecule has 0 bridgehead atoms. The van der Waals surface area contributed by atoms with Gasteiger partial charge in [-0.2, -0.15) is 5.10 Å². The third kappa shape index (κ3) is 4.31. The number of ether oxygens (including phenoxy) is 1. The summed E-state index contributed by atoms with van der Waals surface area (Å²) < 4.78 is 7.93. The van der Waals surface area contributed by atoms with Gasteiger partial charge in [0.15, 0.2) is 0 Å². The van der Waals surface area contributed by atoms with Gasteiger partial charge in [0.05, 0.1) is 19.3 Å². The Morgan fingerprint density at radius 1 is 1.39 bits per heavy atom. The Bertz CT molecular complexity index is 643. The van der Waals surface area contributed by atoms with Gasteiger partial charge in [-0.25, -0.2) is 9.67 Å². The molecule has 6 heteroatoms. The number of aromatic nitrogens is 3. The summed E-state index contributed by atoms with van der Waals surface area (Å²) in [5, 5.41) is 5.09. The third-order valence-electron chi connectivity index (χ3n) is 3.97. The van der Waals surface area contributed by atoms with E-state index in [0.717, 1.165) is 49.2 Å². The van der Waals surface area contributed by atoms with Crippen LogP contribution in [0.15, 0.2) is 30.6 Å². The maximum atomic E-state index is 6.09. The summed E-state index contributed by atoms with van der Waals surface area (Å²) in [5.41, 5.74) is 1.13. The molecule has 1 fully saturated rings. The van der Waals surface area contributed by atoms with Gasteiger partial charge in [-0.1, -0.05) is 37.6 Å². The highest BCUT2D eigenvalue weighted by atomic mass is 35.5. The minimum atomic E-state index is 0.0592. The second kappa shape index (κ2) is 7.43. The highest BCUT2D eigenvalue weighted by Crippen LogP contribution is 2.25. The Kier molecular flexibility index (Phi) is 5.30. The summed E-state index contributed by atoms with van der Waals surface area (Å²) in [6, 6.07) is 7.91. The van der Waals surface area contributed by atoms with Crippen LogP contribution < -0.4 is 0 Å². The fraction of sp³-hybridized carbons (Fsp3) is 0.529. The van der Waals surface area contributed by atoms with Crippen molar-refractivity contribution < 1.29 is 4.74 Å². The predicted octanol–water partition coefficient (Wildman–Crippen LogP) is 3.16. The maximum Gasteiger partial charge on any atom is 0.141 e. The van der Waals surface area contributed by atoms with Crippen molar-refractivity contribution in [1.29, 1.82) is 0 Å². The molecule has 1 aromatic heterocycles. The van der Waals surface area contributed by atoms with Crippen molar-refractivity contribution in [3.8, 4) is 0 Å². The van der Waals surface area contributed by atoms with Crippen molar-refractivity contribution in [3.63, 3.8) is 0 Å². The van der Waals surface area contributed by atoms with E-state index < -0.39 is 0 Å². The minimum absolute atomic E-state index is 0.0592. The van der Waals surface area contributed by atoms with Crippen LogP contribution in [0.5, 0.6) is 0 Å². The van der Waals surface area contributed by atoms with E-state index in [1.54, 1.807) is 6.33 Å². The molecule has 2 aromatic rings. The summed E-state index contributed by atoms with van der Waals surface area (Å²) in [6.07, 6.45) is 1.70. The van der Waals surface area contributed by atoms with Crippen LogP contribution in [0.4, 0.5) is 0 Å². The van der Waals surface area contributed by atoms with E-state index in [4.69, 9.17) is 16.3 Å². The van der Waals surface area contributed by atoms with E-state index >= 15 is 0 Å². The molecule has 1 atom stereocenters. The smallest absolute Gasteiger partial charge is 0.141 e. The fourth-order valence-corrected chi connectivity index (χ4v) is 3.06. The van der Waals surface area contributed by atoms with Crippen LogP contribution in [-0.4, -0.2) is 39.4 Å². The lowest BCUT2D eigenvalue weighted by atomic mass is 10.1. The second-order valence-electron chi connectivity index (χ2n) is 6.40. The number of hydrogen-bond donors (Lipinski definition) is 0. The Morgan fingerprint density at radius 2 is 2.26 bits per heavy atom. The minimum Gasteiger partial charge on any atom is -0.371 e. The molecule has 23 heavy (non-hydrogen) atoms. The van der Waals surface area contributed by atoms with E-state index in [2.05, 4.69) is 34.9 Å². The Hall–Kier alpha value is -1.43. The van der Waals surface area contributed by atoms with E-state index in [1.807, 2.05) is 22.9 Å². The summed E-state index contributed by atoms with van der Waals surface area (Å²) in [4.78, 5) is 6.79. The van der Waals surface area contributed by atoms with Gasteiger partial charge >= 0.3 is 0 Å². The number of benzene rings is 1. The SMILES string of the molecule is CC(C)Cn1ncnc1CN1CCO[C@@H](c2cccc(Cl)c2)C1. The molecule has 2 heterocycles. The molecule has 0 amide bonds. The maximum absolute atomic E-state index is 6.09. The topological polar surface area (TPSA) is 43.2 Å². The van der Waals surface area contributed by atoms with Crippen molar-refractivity contribution in [1.82, 2.24) is 19.7 Å². The largest absolute Gasteiger partial charge is 0.371 e. The molecule has 1 aliphatic heterocycles. The average molecular weight is 335 g/mol. The summed E-state index contributed by atoms with van der Waals surface area (Å²) >= 11 is 6.09. The molecular weight excluding hydrogens is 312 g/mol. The zero-order chi connectivity index (χ0) is 16.2. The van der Waals surface area contributed by atoms with Gasteiger partial charge in [-0.3, -0.25) is 4.90 Å². The predicted molar refractivity (Wildman–Crippen MR) is 90.3 cm³/mol. The van der Waals surface area contributed by atoms with Crippen LogP contribution in [0.1, 0.15) is 31.3 Å². The van der Waals surface area contributed by atoms with Gasteiger partial charge in [0.2, 0.25) is 0 Å². The van der Waals surface area contributed by atoms with Gasteiger partial charge in [0.1, 0.15) is 12.2 Å². The van der Waals surface area contributed by atoms with Crippen LogP contribution in [0.25, 0.3) is 0 Å². The van der Waals surface area contributed by atoms with Crippen LogP contribution in [-0.2, 0) is 17.8 Å². The van der Waals surface area contributed by atoms with Crippen LogP contribution in [0, 0.1) is 5.92 Å². The van der Waals surface area contributed by atoms with Crippen molar-refractivity contribution >= 4 is 11.6 Å². The standard InChI is InChI=1S/C17H23ClN4O/c1-13(2)9-22-17(19-12-20-22)11-21-6-7-23-16(10-21)14-4-3-5-15(18)8-14/h3-5,8,12-13,16H,6-7,9-11H2,1-2H3/t16-/m1/s1. The molecular formula is C17H23ClN4O. The van der Waals surface area contributed by atoms with Crippen molar-refractivity contribution in [2.45, 2.75) is 33.0 Å². The van der Waals surface area contributed by atoms with Crippen LogP contribution >= 0.6 is 11.6 Å². The quantitative estimate of drug-likeness (QED) is 0.842. The molecule has 3 rings (SSSR count). The Morgan fingerprint density at radius 3 is 3.04 bits per heavy atom. The molecule has 0 radical (unpaired) electrons. The molecule has 1 aromatic carbocycles. The normalized spacial score (nSPS) is 19.4. The van der Waals surface area contributed by atoms with Gasteiger partial charge in [0, 0.05) is 24.7 Å². The van der Waals surface area contributed by atoms with E-state index in [0.29, 0.717) is 5.92 Å². The van der Waals surface area contributed by atoms with Crippen molar-refractivity contribution in [2.24, 2.45) is 5.92 Å². The summed E-state index contributed by atoms with van der Waals surface area (Å²) in [7, 11) is 0. The van der Waals surface area contributed by atoms with Gasteiger partial charge in [0.25, 0.3) is 0 Å². The van der Waals surface area contributed by atoms with E-state index in [9.17, 15) is 0 Å². The molecule has 0 aliphatic carbocycles. The molecule has 1 aliphatic rings. The van der Waals surface area contributed by atoms with E-state index in [1.165, 1.54) is 0 Å².